The van der Waals surface area contributed by atoms with Crippen molar-refractivity contribution in [3.05, 3.63) is 129 Å². The van der Waals surface area contributed by atoms with Crippen molar-refractivity contribution in [3.63, 3.8) is 0 Å². The summed E-state index contributed by atoms with van der Waals surface area (Å²) in [5.41, 5.74) is 5.23. The zero-order chi connectivity index (χ0) is 26.6. The standard InChI is InChI=1S/C31H24ClFN2O2S/c1-20-6-11-25(12-7-20)34-31-35(26-13-8-21(2)9-14-26)30(36)29(38-31)18-22-10-15-28(27(32)17-22)37-19-23-4-3-5-24(33)16-23/h3-18H,19H2,1-2H3/b29-18-,34-31?. The first-order valence-corrected chi connectivity index (χ1v) is 13.2. The van der Waals surface area contributed by atoms with Crippen molar-refractivity contribution in [1.82, 2.24) is 0 Å². The molecule has 4 nitrogen and oxygen atoms in total. The Morgan fingerprint density at radius 2 is 1.66 bits per heavy atom. The van der Waals surface area contributed by atoms with Crippen LogP contribution in [0, 0.1) is 19.7 Å². The van der Waals surface area contributed by atoms with Crippen LogP contribution in [0.5, 0.6) is 5.75 Å². The fourth-order valence-corrected chi connectivity index (χ4v) is 5.11. The van der Waals surface area contributed by atoms with Gasteiger partial charge in [-0.05, 0) is 91.3 Å². The highest BCUT2D eigenvalue weighted by Crippen LogP contribution is 2.38. The van der Waals surface area contributed by atoms with E-state index >= 15 is 0 Å². The van der Waals surface area contributed by atoms with E-state index in [2.05, 4.69) is 0 Å². The highest BCUT2D eigenvalue weighted by molar-refractivity contribution is 8.19. The van der Waals surface area contributed by atoms with E-state index in [1.54, 1.807) is 35.2 Å². The van der Waals surface area contributed by atoms with Gasteiger partial charge in [0.2, 0.25) is 0 Å². The van der Waals surface area contributed by atoms with Crippen molar-refractivity contribution in [1.29, 1.82) is 0 Å². The predicted molar refractivity (Wildman–Crippen MR) is 155 cm³/mol. The average molecular weight is 543 g/mol. The Balaban J connectivity index is 1.41. The van der Waals surface area contributed by atoms with E-state index in [0.29, 0.717) is 26.4 Å². The molecule has 0 saturated carbocycles. The van der Waals surface area contributed by atoms with Crippen LogP contribution < -0.4 is 9.64 Å². The number of aliphatic imine (C=N–C) groups is 1. The van der Waals surface area contributed by atoms with Crippen LogP contribution in [0.15, 0.2) is 101 Å². The summed E-state index contributed by atoms with van der Waals surface area (Å²) in [5.74, 6) is 0.00141. The highest BCUT2D eigenvalue weighted by Gasteiger charge is 2.34. The molecule has 1 aliphatic rings. The van der Waals surface area contributed by atoms with Crippen LogP contribution in [0.4, 0.5) is 15.8 Å². The number of carbonyl (C=O) groups is 1. The van der Waals surface area contributed by atoms with Crippen molar-refractivity contribution < 1.29 is 13.9 Å². The second-order valence-electron chi connectivity index (χ2n) is 8.93. The first kappa shape index (κ1) is 25.8. The number of hydrogen-bond donors (Lipinski definition) is 0. The second kappa shape index (κ2) is 11.3. The number of amidine groups is 1. The number of thioether (sulfide) groups is 1. The molecule has 0 spiro atoms. The van der Waals surface area contributed by atoms with Gasteiger partial charge in [0.25, 0.3) is 5.91 Å². The number of rotatable bonds is 6. The Kier molecular flexibility index (Phi) is 7.63. The van der Waals surface area contributed by atoms with E-state index in [9.17, 15) is 9.18 Å². The number of carbonyl (C=O) groups excluding carboxylic acids is 1. The maximum Gasteiger partial charge on any atom is 0.271 e. The number of amides is 1. The Hall–Kier alpha value is -3.87. The van der Waals surface area contributed by atoms with Gasteiger partial charge in [0, 0.05) is 0 Å². The van der Waals surface area contributed by atoms with Gasteiger partial charge in [-0.2, -0.15) is 0 Å². The zero-order valence-corrected chi connectivity index (χ0v) is 22.4. The Bertz CT molecular complexity index is 1550. The van der Waals surface area contributed by atoms with Crippen molar-refractivity contribution in [2.75, 3.05) is 4.90 Å². The topological polar surface area (TPSA) is 41.9 Å². The third kappa shape index (κ3) is 5.98. The molecule has 4 aromatic carbocycles. The predicted octanol–water partition coefficient (Wildman–Crippen LogP) is 8.48. The lowest BCUT2D eigenvalue weighted by atomic mass is 10.2. The minimum absolute atomic E-state index is 0.160. The molecular formula is C31H24ClFN2O2S. The maximum atomic E-state index is 13.6. The number of benzene rings is 4. The van der Waals surface area contributed by atoms with Crippen LogP contribution in [0.25, 0.3) is 6.08 Å². The largest absolute Gasteiger partial charge is 0.487 e. The normalized spacial score (nSPS) is 15.5. The highest BCUT2D eigenvalue weighted by atomic mass is 35.5. The number of halogens is 2. The molecule has 1 heterocycles. The summed E-state index contributed by atoms with van der Waals surface area (Å²) >= 11 is 7.80. The number of aryl methyl sites for hydroxylation is 2. The Labute approximate surface area is 230 Å². The third-order valence-electron chi connectivity index (χ3n) is 5.89. The summed E-state index contributed by atoms with van der Waals surface area (Å²) < 4.78 is 19.2. The van der Waals surface area contributed by atoms with Gasteiger partial charge in [0.1, 0.15) is 18.2 Å². The van der Waals surface area contributed by atoms with Gasteiger partial charge >= 0.3 is 0 Å². The fourth-order valence-electron chi connectivity index (χ4n) is 3.86. The van der Waals surface area contributed by atoms with E-state index in [1.807, 2.05) is 68.4 Å². The molecule has 5 rings (SSSR count). The number of hydrogen-bond acceptors (Lipinski definition) is 4. The first-order chi connectivity index (χ1) is 18.4. The van der Waals surface area contributed by atoms with Gasteiger partial charge in [-0.15, -0.1) is 0 Å². The van der Waals surface area contributed by atoms with Gasteiger partial charge < -0.3 is 4.74 Å². The smallest absolute Gasteiger partial charge is 0.271 e. The molecule has 0 aromatic heterocycles. The molecule has 0 aliphatic carbocycles. The van der Waals surface area contributed by atoms with E-state index < -0.39 is 0 Å². The molecule has 1 aliphatic heterocycles. The van der Waals surface area contributed by atoms with Crippen LogP contribution in [-0.2, 0) is 11.4 Å². The molecule has 7 heteroatoms. The molecule has 0 bridgehead atoms. The number of ether oxygens (including phenoxy) is 1. The molecule has 1 fully saturated rings. The quantitative estimate of drug-likeness (QED) is 0.229. The molecule has 0 unspecified atom stereocenters. The summed E-state index contributed by atoms with van der Waals surface area (Å²) in [7, 11) is 0. The van der Waals surface area contributed by atoms with Crippen LogP contribution >= 0.6 is 23.4 Å². The summed E-state index contributed by atoms with van der Waals surface area (Å²) in [4.78, 5) is 20.5. The first-order valence-electron chi connectivity index (χ1n) is 12.0. The summed E-state index contributed by atoms with van der Waals surface area (Å²) in [6.07, 6.45) is 1.80. The van der Waals surface area contributed by atoms with Gasteiger partial charge in [0.15, 0.2) is 5.17 Å². The molecule has 1 saturated heterocycles. The fraction of sp³-hybridized carbons (Fsp3) is 0.0968. The van der Waals surface area contributed by atoms with Crippen molar-refractivity contribution in [2.24, 2.45) is 4.99 Å². The number of nitrogens with zero attached hydrogens (tertiary/aromatic N) is 2. The molecule has 0 N–H and O–H groups in total. The summed E-state index contributed by atoms with van der Waals surface area (Å²) in [6.45, 7) is 4.22. The lowest BCUT2D eigenvalue weighted by molar-refractivity contribution is -0.113. The van der Waals surface area contributed by atoms with Crippen LogP contribution in [0.1, 0.15) is 22.3 Å². The van der Waals surface area contributed by atoms with Crippen molar-refractivity contribution >= 4 is 51.9 Å². The van der Waals surface area contributed by atoms with E-state index in [0.717, 1.165) is 28.1 Å². The Morgan fingerprint density at radius 3 is 2.34 bits per heavy atom. The molecule has 190 valence electrons. The summed E-state index contributed by atoms with van der Waals surface area (Å²) in [5, 5.41) is 0.977. The molecule has 4 aromatic rings. The van der Waals surface area contributed by atoms with Gasteiger partial charge in [-0.3, -0.25) is 9.69 Å². The van der Waals surface area contributed by atoms with Gasteiger partial charge in [-0.25, -0.2) is 9.38 Å². The van der Waals surface area contributed by atoms with Crippen LogP contribution in [0.2, 0.25) is 5.02 Å². The lowest BCUT2D eigenvalue weighted by Crippen LogP contribution is -2.28. The molecular weight excluding hydrogens is 519 g/mol. The minimum Gasteiger partial charge on any atom is -0.487 e. The van der Waals surface area contributed by atoms with E-state index in [4.69, 9.17) is 21.3 Å². The van der Waals surface area contributed by atoms with Crippen LogP contribution in [0.3, 0.4) is 0 Å². The van der Waals surface area contributed by atoms with Gasteiger partial charge in [-0.1, -0.05) is 65.2 Å². The Morgan fingerprint density at radius 1 is 0.947 bits per heavy atom. The maximum absolute atomic E-state index is 13.6. The molecule has 0 atom stereocenters. The second-order valence-corrected chi connectivity index (χ2v) is 10.3. The average Bonchev–Trinajstić information content (AvgIpc) is 3.19. The minimum atomic E-state index is -0.317. The molecule has 1 amide bonds. The zero-order valence-electron chi connectivity index (χ0n) is 20.8. The molecule has 38 heavy (non-hydrogen) atoms. The van der Waals surface area contributed by atoms with Crippen LogP contribution in [-0.4, -0.2) is 11.1 Å². The molecule has 0 radical (unpaired) electrons. The third-order valence-corrected chi connectivity index (χ3v) is 7.16. The van der Waals surface area contributed by atoms with Crippen molar-refractivity contribution in [3.8, 4) is 5.75 Å². The number of anilines is 1. The monoisotopic (exact) mass is 542 g/mol. The van der Waals surface area contributed by atoms with Crippen molar-refractivity contribution in [2.45, 2.75) is 20.5 Å². The lowest BCUT2D eigenvalue weighted by Gasteiger charge is -2.16. The van der Waals surface area contributed by atoms with E-state index in [-0.39, 0.29) is 18.3 Å². The van der Waals surface area contributed by atoms with E-state index in [1.165, 1.54) is 23.9 Å². The SMILES string of the molecule is Cc1ccc(N=C2S/C(=C\c3ccc(OCc4cccc(F)c4)c(Cl)c3)C(=O)N2c2ccc(C)cc2)cc1. The van der Waals surface area contributed by atoms with Gasteiger partial charge in [0.05, 0.1) is 21.3 Å². The summed E-state index contributed by atoms with van der Waals surface area (Å²) in [6, 6.07) is 27.2.